The van der Waals surface area contributed by atoms with Crippen LogP contribution in [0.15, 0.2) is 46.4 Å². The molecule has 3 aromatic rings. The van der Waals surface area contributed by atoms with E-state index in [4.69, 9.17) is 0 Å². The number of para-hydroxylation sites is 1. The van der Waals surface area contributed by atoms with Crippen LogP contribution in [-0.4, -0.2) is 68.0 Å². The second kappa shape index (κ2) is 13.3. The van der Waals surface area contributed by atoms with Crippen molar-refractivity contribution in [1.29, 1.82) is 0 Å². The minimum atomic E-state index is -4.22. The Morgan fingerprint density at radius 3 is 2.70 bits per heavy atom. The van der Waals surface area contributed by atoms with Crippen LogP contribution in [0.25, 0.3) is 10.2 Å². The average Bonchev–Trinajstić information content (AvgIpc) is 3.42. The molecule has 0 spiro atoms. The third-order valence-corrected chi connectivity index (χ3v) is 11.7. The van der Waals surface area contributed by atoms with E-state index in [1.807, 2.05) is 30.3 Å². The highest BCUT2D eigenvalue weighted by Crippen LogP contribution is 2.41. The van der Waals surface area contributed by atoms with E-state index < -0.39 is 16.1 Å². The van der Waals surface area contributed by atoms with Crippen molar-refractivity contribution in [3.63, 3.8) is 0 Å². The molecule has 0 radical (unpaired) electrons. The second-order valence-corrected chi connectivity index (χ2v) is 14.5. The molecule has 1 fully saturated rings. The summed E-state index contributed by atoms with van der Waals surface area (Å²) >= 11 is 1.44. The standard InChI is InChI=1S/C31H40FN5O4S2/c1-3-31(4-2)18-23-15-22(19-34-39)16-27(29(23)33-20-31)43(40,41)36-25(17-28-35-24-7-5-6-8-26(24)42-28)30(38)37-13-10-21(9-12-32)11-14-37/h5-8,15-16,19,21,25,33,36,39H,3-4,9-14,17-18,20H2,1-2H3/t25-/m0/s1. The number of carbonyl (C=O) groups is 1. The van der Waals surface area contributed by atoms with Crippen LogP contribution in [0.4, 0.5) is 10.1 Å². The van der Waals surface area contributed by atoms with Crippen LogP contribution >= 0.6 is 11.3 Å². The zero-order chi connectivity index (χ0) is 30.6. The predicted octanol–water partition coefficient (Wildman–Crippen LogP) is 5.37. The quantitative estimate of drug-likeness (QED) is 0.149. The molecule has 0 saturated carbocycles. The van der Waals surface area contributed by atoms with Crippen molar-refractivity contribution >= 4 is 49.4 Å². The summed E-state index contributed by atoms with van der Waals surface area (Å²) in [7, 11) is -4.22. The van der Waals surface area contributed by atoms with Crippen LogP contribution in [0.1, 0.15) is 62.1 Å². The summed E-state index contributed by atoms with van der Waals surface area (Å²) in [5.74, 6) is -0.0900. The summed E-state index contributed by atoms with van der Waals surface area (Å²) in [6, 6.07) is 9.90. The largest absolute Gasteiger partial charge is 0.411 e. The van der Waals surface area contributed by atoms with Gasteiger partial charge in [-0.05, 0) is 85.3 Å². The van der Waals surface area contributed by atoms with E-state index in [0.717, 1.165) is 28.6 Å². The first-order chi connectivity index (χ1) is 20.7. The Morgan fingerprint density at radius 1 is 1.28 bits per heavy atom. The van der Waals surface area contributed by atoms with Crippen LogP contribution in [0.2, 0.25) is 0 Å². The SMILES string of the molecule is CCC1(CC)CNc2c(cc(C=NO)cc2S(=O)(=O)N[C@@H](Cc2nc3ccccc3s2)C(=O)N2CCC(CCF)CC2)C1. The van der Waals surface area contributed by atoms with Gasteiger partial charge in [0, 0.05) is 26.1 Å². The monoisotopic (exact) mass is 629 g/mol. The van der Waals surface area contributed by atoms with Crippen LogP contribution in [0, 0.1) is 11.3 Å². The number of hydrogen-bond acceptors (Lipinski definition) is 8. The van der Waals surface area contributed by atoms with Gasteiger partial charge in [-0.15, -0.1) is 11.3 Å². The first-order valence-electron chi connectivity index (χ1n) is 15.0. The van der Waals surface area contributed by atoms with E-state index in [2.05, 4.69) is 34.0 Å². The number of amides is 1. The molecule has 12 heteroatoms. The zero-order valence-electron chi connectivity index (χ0n) is 24.7. The number of aromatic nitrogens is 1. The van der Waals surface area contributed by atoms with Gasteiger partial charge < -0.3 is 15.4 Å². The molecule has 3 N–H and O–H groups in total. The van der Waals surface area contributed by atoms with Crippen molar-refractivity contribution in [3.8, 4) is 0 Å². The molecule has 232 valence electrons. The van der Waals surface area contributed by atoms with E-state index >= 15 is 0 Å². The number of hydrogen-bond donors (Lipinski definition) is 3. The summed E-state index contributed by atoms with van der Waals surface area (Å²) in [5.41, 5.74) is 2.58. The number of fused-ring (bicyclic) bond motifs is 2. The molecule has 5 rings (SSSR count). The molecule has 1 aromatic heterocycles. The Bertz CT molecular complexity index is 1550. The van der Waals surface area contributed by atoms with Gasteiger partial charge >= 0.3 is 0 Å². The van der Waals surface area contributed by atoms with E-state index in [0.29, 0.717) is 61.6 Å². The van der Waals surface area contributed by atoms with Crippen molar-refractivity contribution in [2.75, 3.05) is 31.6 Å². The Balaban J connectivity index is 1.49. The minimum absolute atomic E-state index is 0.0178. The smallest absolute Gasteiger partial charge is 0.243 e. The third kappa shape index (κ3) is 6.86. The van der Waals surface area contributed by atoms with Gasteiger partial charge in [-0.2, -0.15) is 4.72 Å². The van der Waals surface area contributed by atoms with E-state index in [-0.39, 0.29) is 35.2 Å². The lowest BCUT2D eigenvalue weighted by Crippen LogP contribution is -2.51. The number of alkyl halides is 1. The van der Waals surface area contributed by atoms with Gasteiger partial charge in [0.1, 0.15) is 10.9 Å². The van der Waals surface area contributed by atoms with Crippen molar-refractivity contribution in [2.24, 2.45) is 16.5 Å². The van der Waals surface area contributed by atoms with Gasteiger partial charge in [0.15, 0.2) is 0 Å². The van der Waals surface area contributed by atoms with Crippen LogP contribution in [0.5, 0.6) is 0 Å². The van der Waals surface area contributed by atoms with E-state index in [9.17, 15) is 22.8 Å². The lowest BCUT2D eigenvalue weighted by atomic mass is 9.74. The second-order valence-electron chi connectivity index (χ2n) is 11.7. The molecule has 2 aliphatic rings. The van der Waals surface area contributed by atoms with Crippen LogP contribution < -0.4 is 10.0 Å². The van der Waals surface area contributed by atoms with Crippen molar-refractivity contribution in [3.05, 3.63) is 52.5 Å². The number of rotatable bonds is 11. The number of anilines is 1. The highest BCUT2D eigenvalue weighted by Gasteiger charge is 2.37. The van der Waals surface area contributed by atoms with Gasteiger partial charge in [0.05, 0.1) is 33.8 Å². The maximum Gasteiger partial charge on any atom is 0.243 e. The average molecular weight is 630 g/mol. The number of likely N-dealkylation sites (tertiary alicyclic amines) is 1. The number of carbonyl (C=O) groups excluding carboxylic acids is 1. The molecule has 9 nitrogen and oxygen atoms in total. The van der Waals surface area contributed by atoms with Gasteiger partial charge in [0.25, 0.3) is 0 Å². The van der Waals surface area contributed by atoms with E-state index in [1.165, 1.54) is 23.6 Å². The highest BCUT2D eigenvalue weighted by molar-refractivity contribution is 7.89. The summed E-state index contributed by atoms with van der Waals surface area (Å²) in [4.78, 5) is 20.3. The molecule has 0 unspecified atom stereocenters. The molecule has 43 heavy (non-hydrogen) atoms. The summed E-state index contributed by atoms with van der Waals surface area (Å²) in [6.07, 6.45) is 5.71. The van der Waals surface area contributed by atoms with Gasteiger partial charge in [-0.3, -0.25) is 9.18 Å². The Labute approximate surface area is 256 Å². The predicted molar refractivity (Wildman–Crippen MR) is 168 cm³/mol. The highest BCUT2D eigenvalue weighted by atomic mass is 32.2. The number of nitrogens with zero attached hydrogens (tertiary/aromatic N) is 3. The molecular weight excluding hydrogens is 590 g/mol. The summed E-state index contributed by atoms with van der Waals surface area (Å²) in [5, 5.41) is 16.5. The van der Waals surface area contributed by atoms with Gasteiger partial charge in [-0.25, -0.2) is 13.4 Å². The Hall–Kier alpha value is -3.09. The molecule has 3 heterocycles. The maximum absolute atomic E-state index is 14.2. The normalized spacial score (nSPS) is 18.1. The fourth-order valence-corrected chi connectivity index (χ4v) is 8.77. The molecule has 0 aliphatic carbocycles. The molecule has 1 amide bonds. The topological polar surface area (TPSA) is 124 Å². The number of thiazole rings is 1. The minimum Gasteiger partial charge on any atom is -0.411 e. The summed E-state index contributed by atoms with van der Waals surface area (Å²) < 4.78 is 45.0. The number of piperidine rings is 1. The molecule has 1 atom stereocenters. The number of oxime groups is 1. The van der Waals surface area contributed by atoms with Crippen molar-refractivity contribution in [1.82, 2.24) is 14.6 Å². The summed E-state index contributed by atoms with van der Waals surface area (Å²) in [6.45, 7) is 5.42. The lowest BCUT2D eigenvalue weighted by Gasteiger charge is -2.38. The molecule has 0 bridgehead atoms. The zero-order valence-corrected chi connectivity index (χ0v) is 26.3. The fraction of sp³-hybridized carbons (Fsp3) is 0.516. The van der Waals surface area contributed by atoms with E-state index in [1.54, 1.807) is 4.90 Å². The molecule has 2 aliphatic heterocycles. The number of benzene rings is 2. The van der Waals surface area contributed by atoms with Gasteiger partial charge in [-0.1, -0.05) is 31.1 Å². The van der Waals surface area contributed by atoms with Gasteiger partial charge in [0.2, 0.25) is 15.9 Å². The first-order valence-corrected chi connectivity index (χ1v) is 17.3. The number of sulfonamides is 1. The first kappa shape index (κ1) is 31.3. The molecular formula is C31H40FN5O4S2. The van der Waals surface area contributed by atoms with Crippen LogP contribution in [0.3, 0.4) is 0 Å². The third-order valence-electron chi connectivity index (χ3n) is 9.16. The van der Waals surface area contributed by atoms with Crippen molar-refractivity contribution < 1.29 is 22.8 Å². The lowest BCUT2D eigenvalue weighted by molar-refractivity contribution is -0.134. The van der Waals surface area contributed by atoms with Crippen molar-refractivity contribution in [2.45, 2.75) is 69.7 Å². The number of nitrogens with one attached hydrogen (secondary N) is 2. The maximum atomic E-state index is 14.2. The molecule has 2 aromatic carbocycles. The Morgan fingerprint density at radius 2 is 2.02 bits per heavy atom. The number of halogens is 1. The van der Waals surface area contributed by atoms with Crippen LogP contribution in [-0.2, 0) is 27.7 Å². The fourth-order valence-electron chi connectivity index (χ4n) is 6.31. The molecule has 1 saturated heterocycles. The Kier molecular flexibility index (Phi) is 9.67.